The Morgan fingerprint density at radius 2 is 1.63 bits per heavy atom. The van der Waals surface area contributed by atoms with Crippen LogP contribution in [0, 0.1) is 0 Å². The lowest BCUT2D eigenvalue weighted by atomic mass is 10.1. The number of amides is 2. The molecule has 2 amide bonds. The minimum absolute atomic E-state index is 0.122. The molecule has 0 saturated heterocycles. The van der Waals surface area contributed by atoms with Gasteiger partial charge in [-0.2, -0.15) is 5.10 Å². The van der Waals surface area contributed by atoms with Gasteiger partial charge in [-0.05, 0) is 47.5 Å². The van der Waals surface area contributed by atoms with Crippen molar-refractivity contribution in [1.82, 2.24) is 13.8 Å². The first kappa shape index (κ1) is 23.5. The van der Waals surface area contributed by atoms with Crippen LogP contribution >= 0.6 is 0 Å². The molecular formula is C24H21N5O5S. The van der Waals surface area contributed by atoms with Crippen molar-refractivity contribution >= 4 is 39.5 Å². The normalized spacial score (nSPS) is 11.5. The molecule has 0 spiro atoms. The third kappa shape index (κ3) is 5.47. The predicted octanol–water partition coefficient (Wildman–Crippen LogP) is 3.87. The monoisotopic (exact) mass is 491 g/mol. The highest BCUT2D eigenvalue weighted by atomic mass is 32.2. The quantitative estimate of drug-likeness (QED) is 0.336. The van der Waals surface area contributed by atoms with E-state index in [0.717, 1.165) is 15.1 Å². The van der Waals surface area contributed by atoms with Gasteiger partial charge in [0, 0.05) is 37.3 Å². The molecule has 0 bridgehead atoms. The molecule has 10 nitrogen and oxygen atoms in total. The molecule has 0 unspecified atom stereocenters. The summed E-state index contributed by atoms with van der Waals surface area (Å²) in [7, 11) is -2.01. The lowest BCUT2D eigenvalue weighted by Gasteiger charge is -2.08. The molecule has 0 atom stereocenters. The Morgan fingerprint density at radius 3 is 2.26 bits per heavy atom. The molecule has 0 aliphatic heterocycles. The fourth-order valence-corrected chi connectivity index (χ4v) is 4.52. The second-order valence-electron chi connectivity index (χ2n) is 7.51. The van der Waals surface area contributed by atoms with E-state index in [9.17, 15) is 18.0 Å². The van der Waals surface area contributed by atoms with Crippen LogP contribution in [-0.4, -0.2) is 39.3 Å². The van der Waals surface area contributed by atoms with Gasteiger partial charge in [-0.15, -0.1) is 0 Å². The third-order valence-corrected chi connectivity index (χ3v) is 6.66. The summed E-state index contributed by atoms with van der Waals surface area (Å²) in [4.78, 5) is 23.3. The lowest BCUT2D eigenvalue weighted by molar-refractivity contribution is -0.111. The number of nitrogens with zero attached hydrogens (tertiary/aromatic N) is 3. The van der Waals surface area contributed by atoms with E-state index in [1.807, 2.05) is 6.20 Å². The number of carbonyl (C=O) groups is 2. The van der Waals surface area contributed by atoms with Gasteiger partial charge in [-0.25, -0.2) is 17.2 Å². The molecule has 3 N–H and O–H groups in total. The number of anilines is 2. The molecule has 2 heterocycles. The van der Waals surface area contributed by atoms with Crippen molar-refractivity contribution in [3.63, 3.8) is 0 Å². The zero-order chi connectivity index (χ0) is 25.0. The minimum Gasteiger partial charge on any atom is -0.465 e. The minimum atomic E-state index is -3.82. The maximum Gasteiger partial charge on any atom is 0.409 e. The van der Waals surface area contributed by atoms with Crippen LogP contribution in [0.15, 0.2) is 90.4 Å². The number of rotatable bonds is 7. The molecule has 0 aliphatic carbocycles. The SMILES string of the molecule is Cn1cc(-c2ccc(S(=O)(=O)n3ccc(/C=C/C(=O)Nc4ccccc4NC(=O)O)c3)cc2)cn1. The first-order valence-corrected chi connectivity index (χ1v) is 11.8. The Kier molecular flexibility index (Phi) is 6.51. The third-order valence-electron chi connectivity index (χ3n) is 5.01. The number of aryl methyl sites for hydroxylation is 1. The number of nitrogens with one attached hydrogen (secondary N) is 2. The molecule has 0 aliphatic rings. The van der Waals surface area contributed by atoms with Crippen LogP contribution in [0.1, 0.15) is 5.56 Å². The van der Waals surface area contributed by atoms with Crippen LogP contribution in [0.4, 0.5) is 16.2 Å². The summed E-state index contributed by atoms with van der Waals surface area (Å²) in [5, 5.41) is 17.8. The van der Waals surface area contributed by atoms with E-state index in [4.69, 9.17) is 5.11 Å². The Morgan fingerprint density at radius 1 is 0.943 bits per heavy atom. The fourth-order valence-electron chi connectivity index (χ4n) is 3.31. The Bertz CT molecular complexity index is 1520. The summed E-state index contributed by atoms with van der Waals surface area (Å²) in [5.74, 6) is -0.508. The van der Waals surface area contributed by atoms with Crippen molar-refractivity contribution < 1.29 is 23.1 Å². The number of benzene rings is 2. The highest BCUT2D eigenvalue weighted by Crippen LogP contribution is 2.23. The topological polar surface area (TPSA) is 135 Å². The molecule has 0 fully saturated rings. The van der Waals surface area contributed by atoms with E-state index < -0.39 is 22.0 Å². The fraction of sp³-hybridized carbons (Fsp3) is 0.0417. The number of carbonyl (C=O) groups excluding carboxylic acids is 1. The van der Waals surface area contributed by atoms with Crippen LogP contribution < -0.4 is 10.6 Å². The van der Waals surface area contributed by atoms with Crippen molar-refractivity contribution in [3.8, 4) is 11.1 Å². The van der Waals surface area contributed by atoms with Gasteiger partial charge in [0.2, 0.25) is 5.91 Å². The largest absolute Gasteiger partial charge is 0.465 e. The maximum absolute atomic E-state index is 13.0. The van der Waals surface area contributed by atoms with Crippen LogP contribution in [0.3, 0.4) is 0 Å². The molecule has 2 aromatic carbocycles. The molecule has 4 aromatic rings. The average molecular weight is 492 g/mol. The standard InChI is InChI=1S/C24H21N5O5S/c1-28-16-19(14-25-28)18-7-9-20(10-8-18)35(33,34)29-13-12-17(15-29)6-11-23(30)26-21-4-2-3-5-22(21)27-24(31)32/h2-16,27H,1H3,(H,26,30)(H,31,32)/b11-6+. The van der Waals surface area contributed by atoms with Gasteiger partial charge in [0.15, 0.2) is 0 Å². The molecule has 2 aromatic heterocycles. The van der Waals surface area contributed by atoms with Gasteiger partial charge >= 0.3 is 6.09 Å². The second kappa shape index (κ2) is 9.69. The zero-order valence-corrected chi connectivity index (χ0v) is 19.3. The second-order valence-corrected chi connectivity index (χ2v) is 9.35. The van der Waals surface area contributed by atoms with E-state index >= 15 is 0 Å². The van der Waals surface area contributed by atoms with Crippen LogP contribution in [0.25, 0.3) is 17.2 Å². The van der Waals surface area contributed by atoms with Crippen molar-refractivity contribution in [1.29, 1.82) is 0 Å². The van der Waals surface area contributed by atoms with Gasteiger partial charge in [-0.3, -0.25) is 14.8 Å². The van der Waals surface area contributed by atoms with Crippen LogP contribution in [-0.2, 0) is 21.9 Å². The van der Waals surface area contributed by atoms with Crippen LogP contribution in [0.2, 0.25) is 0 Å². The first-order valence-electron chi connectivity index (χ1n) is 10.3. The van der Waals surface area contributed by atoms with Gasteiger partial charge in [0.05, 0.1) is 22.5 Å². The molecule has 0 radical (unpaired) electrons. The smallest absolute Gasteiger partial charge is 0.409 e. The van der Waals surface area contributed by atoms with Gasteiger partial charge in [0.25, 0.3) is 10.0 Å². The van der Waals surface area contributed by atoms with Crippen LogP contribution in [0.5, 0.6) is 0 Å². The van der Waals surface area contributed by atoms with Crippen molar-refractivity contribution in [2.45, 2.75) is 4.90 Å². The molecule has 4 rings (SSSR count). The van der Waals surface area contributed by atoms with Gasteiger partial charge in [0.1, 0.15) is 0 Å². The highest BCUT2D eigenvalue weighted by molar-refractivity contribution is 7.90. The molecule has 0 saturated carbocycles. The average Bonchev–Trinajstić information content (AvgIpc) is 3.48. The molecular weight excluding hydrogens is 470 g/mol. The van der Waals surface area contributed by atoms with E-state index in [1.54, 1.807) is 54.3 Å². The number of aromatic nitrogens is 3. The van der Waals surface area contributed by atoms with E-state index in [-0.39, 0.29) is 10.6 Å². The van der Waals surface area contributed by atoms with Crippen molar-refractivity contribution in [2.24, 2.45) is 7.05 Å². The number of hydrogen-bond acceptors (Lipinski definition) is 5. The number of carboxylic acid groups (broad SMARTS) is 1. The Balaban J connectivity index is 1.46. The molecule has 11 heteroatoms. The Labute approximate surface area is 201 Å². The summed E-state index contributed by atoms with van der Waals surface area (Å²) in [6.45, 7) is 0. The highest BCUT2D eigenvalue weighted by Gasteiger charge is 2.17. The van der Waals surface area contributed by atoms with Gasteiger partial charge in [-0.1, -0.05) is 24.3 Å². The van der Waals surface area contributed by atoms with E-state index in [0.29, 0.717) is 11.3 Å². The molecule has 178 valence electrons. The summed E-state index contributed by atoms with van der Waals surface area (Å²) in [5.41, 5.74) is 2.74. The maximum atomic E-state index is 13.0. The summed E-state index contributed by atoms with van der Waals surface area (Å²) in [6.07, 6.45) is 7.77. The lowest BCUT2D eigenvalue weighted by Crippen LogP contribution is -2.13. The summed E-state index contributed by atoms with van der Waals surface area (Å²) in [6, 6.07) is 14.4. The zero-order valence-electron chi connectivity index (χ0n) is 18.5. The van der Waals surface area contributed by atoms with Crippen molar-refractivity contribution in [3.05, 3.63) is 91.0 Å². The van der Waals surface area contributed by atoms with E-state index in [2.05, 4.69) is 15.7 Å². The first-order chi connectivity index (χ1) is 16.7. The van der Waals surface area contributed by atoms with Crippen molar-refractivity contribution in [2.75, 3.05) is 10.6 Å². The predicted molar refractivity (Wildman–Crippen MR) is 131 cm³/mol. The molecule has 35 heavy (non-hydrogen) atoms. The van der Waals surface area contributed by atoms with Gasteiger partial charge < -0.3 is 10.4 Å². The Hall–Kier alpha value is -4.64. The summed E-state index contributed by atoms with van der Waals surface area (Å²) < 4.78 is 28.7. The summed E-state index contributed by atoms with van der Waals surface area (Å²) >= 11 is 0. The van der Waals surface area contributed by atoms with E-state index in [1.165, 1.54) is 42.7 Å². The number of hydrogen-bond donors (Lipinski definition) is 3. The number of para-hydroxylation sites is 2.